The number of hydrogen-bond donors (Lipinski definition) is 2. The van der Waals surface area contributed by atoms with Crippen LogP contribution >= 0.6 is 0 Å². The SMILES string of the molecule is C[N+](C)(C)CC(O)C(N)C(=O)[O-]. The Kier molecular flexibility index (Phi) is 3.63. The van der Waals surface area contributed by atoms with Crippen LogP contribution in [0, 0.1) is 0 Å². The first-order chi connectivity index (χ1) is 5.24. The minimum absolute atomic E-state index is 0.287. The van der Waals surface area contributed by atoms with Crippen LogP contribution in [-0.2, 0) is 4.79 Å². The van der Waals surface area contributed by atoms with Crippen molar-refractivity contribution in [3.8, 4) is 0 Å². The van der Waals surface area contributed by atoms with Gasteiger partial charge in [-0.3, -0.25) is 0 Å². The van der Waals surface area contributed by atoms with Crippen LogP contribution in [0.3, 0.4) is 0 Å². The first-order valence-electron chi connectivity index (χ1n) is 3.69. The molecule has 0 radical (unpaired) electrons. The molecule has 0 aliphatic rings. The van der Waals surface area contributed by atoms with Gasteiger partial charge >= 0.3 is 0 Å². The maximum absolute atomic E-state index is 10.2. The highest BCUT2D eigenvalue weighted by Crippen LogP contribution is 1.97. The lowest BCUT2D eigenvalue weighted by Gasteiger charge is -2.29. The van der Waals surface area contributed by atoms with Gasteiger partial charge in [0.05, 0.1) is 33.2 Å². The number of aliphatic hydroxyl groups excluding tert-OH is 1. The quantitative estimate of drug-likeness (QED) is 0.451. The molecule has 2 unspecified atom stereocenters. The lowest BCUT2D eigenvalue weighted by Crippen LogP contribution is -2.55. The molecule has 5 nitrogen and oxygen atoms in total. The maximum Gasteiger partial charge on any atom is 0.123 e. The zero-order valence-corrected chi connectivity index (χ0v) is 7.65. The van der Waals surface area contributed by atoms with Gasteiger partial charge in [-0.2, -0.15) is 0 Å². The van der Waals surface area contributed by atoms with Crippen molar-refractivity contribution in [2.75, 3.05) is 27.7 Å². The number of hydrogen-bond acceptors (Lipinski definition) is 4. The number of nitrogens with zero attached hydrogens (tertiary/aromatic N) is 1. The standard InChI is InChI=1S/C7H16N2O3/c1-9(2,3)4-5(10)6(8)7(11)12/h5-6,10H,4,8H2,1-3H3. The van der Waals surface area contributed by atoms with E-state index in [1.165, 1.54) is 0 Å². The first-order valence-corrected chi connectivity index (χ1v) is 3.69. The Hall–Kier alpha value is -0.650. The van der Waals surface area contributed by atoms with E-state index < -0.39 is 18.1 Å². The fraction of sp³-hybridized carbons (Fsp3) is 0.857. The second-order valence-electron chi connectivity index (χ2n) is 3.89. The molecular weight excluding hydrogens is 160 g/mol. The van der Waals surface area contributed by atoms with Gasteiger partial charge in [-0.1, -0.05) is 0 Å². The average molecular weight is 176 g/mol. The Balaban J connectivity index is 4.04. The summed E-state index contributed by atoms with van der Waals surface area (Å²) < 4.78 is 0.460. The highest BCUT2D eigenvalue weighted by Gasteiger charge is 2.22. The largest absolute Gasteiger partial charge is 0.548 e. The third kappa shape index (κ3) is 4.27. The van der Waals surface area contributed by atoms with Crippen molar-refractivity contribution in [1.82, 2.24) is 0 Å². The van der Waals surface area contributed by atoms with E-state index in [4.69, 9.17) is 5.73 Å². The number of rotatable bonds is 4. The van der Waals surface area contributed by atoms with Crippen molar-refractivity contribution in [2.24, 2.45) is 5.73 Å². The molecule has 0 aromatic carbocycles. The van der Waals surface area contributed by atoms with Crippen LogP contribution in [0.15, 0.2) is 0 Å². The minimum Gasteiger partial charge on any atom is -0.548 e. The second-order valence-corrected chi connectivity index (χ2v) is 3.89. The van der Waals surface area contributed by atoms with Crippen molar-refractivity contribution in [1.29, 1.82) is 0 Å². The maximum atomic E-state index is 10.2. The molecule has 0 spiro atoms. The van der Waals surface area contributed by atoms with Gasteiger partial charge in [0, 0.05) is 0 Å². The molecule has 0 amide bonds. The monoisotopic (exact) mass is 176 g/mol. The van der Waals surface area contributed by atoms with E-state index in [1.54, 1.807) is 0 Å². The summed E-state index contributed by atoms with van der Waals surface area (Å²) in [6, 6.07) is -1.30. The van der Waals surface area contributed by atoms with Gasteiger partial charge < -0.3 is 25.2 Å². The lowest BCUT2D eigenvalue weighted by molar-refractivity contribution is -0.873. The average Bonchev–Trinajstić information content (AvgIpc) is 1.82. The van der Waals surface area contributed by atoms with Gasteiger partial charge in [-0.25, -0.2) is 0 Å². The summed E-state index contributed by atoms with van der Waals surface area (Å²) in [7, 11) is 5.52. The molecule has 0 aliphatic carbocycles. The normalized spacial score (nSPS) is 17.1. The van der Waals surface area contributed by atoms with Gasteiger partial charge in [0.25, 0.3) is 0 Å². The van der Waals surface area contributed by atoms with E-state index in [-0.39, 0.29) is 6.54 Å². The second kappa shape index (κ2) is 3.84. The number of nitrogens with two attached hydrogens (primary N) is 1. The van der Waals surface area contributed by atoms with Crippen LogP contribution < -0.4 is 10.8 Å². The van der Waals surface area contributed by atoms with Crippen LogP contribution in [-0.4, -0.2) is 55.4 Å². The molecular formula is C7H16N2O3. The van der Waals surface area contributed by atoms with E-state index in [0.717, 1.165) is 0 Å². The fourth-order valence-corrected chi connectivity index (χ4v) is 0.832. The molecule has 0 saturated carbocycles. The first kappa shape index (κ1) is 11.4. The number of carbonyl (C=O) groups excluding carboxylic acids is 1. The summed E-state index contributed by atoms with van der Waals surface area (Å²) in [5.74, 6) is -1.42. The highest BCUT2D eigenvalue weighted by molar-refractivity contribution is 5.71. The van der Waals surface area contributed by atoms with E-state index >= 15 is 0 Å². The molecule has 0 aromatic rings. The van der Waals surface area contributed by atoms with Crippen molar-refractivity contribution in [3.05, 3.63) is 0 Å². The molecule has 12 heavy (non-hydrogen) atoms. The molecule has 0 saturated heterocycles. The van der Waals surface area contributed by atoms with Crippen molar-refractivity contribution >= 4 is 5.97 Å². The molecule has 2 atom stereocenters. The van der Waals surface area contributed by atoms with Crippen LogP contribution in [0.2, 0.25) is 0 Å². The Morgan fingerprint density at radius 1 is 1.58 bits per heavy atom. The number of quaternary nitrogens is 1. The summed E-state index contributed by atoms with van der Waals surface area (Å²) in [5.41, 5.74) is 5.15. The third-order valence-electron chi connectivity index (χ3n) is 1.42. The van der Waals surface area contributed by atoms with Crippen molar-refractivity contribution in [2.45, 2.75) is 12.1 Å². The zero-order chi connectivity index (χ0) is 9.94. The van der Waals surface area contributed by atoms with Crippen molar-refractivity contribution in [3.63, 3.8) is 0 Å². The number of aliphatic carboxylic acids is 1. The lowest BCUT2D eigenvalue weighted by atomic mass is 10.1. The van der Waals surface area contributed by atoms with E-state index in [1.807, 2.05) is 21.1 Å². The molecule has 0 bridgehead atoms. The predicted molar refractivity (Wildman–Crippen MR) is 41.9 cm³/mol. The summed E-state index contributed by atoms with van der Waals surface area (Å²) in [5, 5.41) is 19.5. The molecule has 72 valence electrons. The Morgan fingerprint density at radius 3 is 2.25 bits per heavy atom. The van der Waals surface area contributed by atoms with Gasteiger partial charge in [0.2, 0.25) is 0 Å². The van der Waals surface area contributed by atoms with Gasteiger partial charge in [-0.15, -0.1) is 0 Å². The van der Waals surface area contributed by atoms with Crippen LogP contribution in [0.1, 0.15) is 0 Å². The highest BCUT2D eigenvalue weighted by atomic mass is 16.4. The van der Waals surface area contributed by atoms with E-state index in [2.05, 4.69) is 0 Å². The summed E-state index contributed by atoms with van der Waals surface area (Å²) in [4.78, 5) is 10.2. The topological polar surface area (TPSA) is 86.4 Å². The van der Waals surface area contributed by atoms with Crippen LogP contribution in [0.5, 0.6) is 0 Å². The van der Waals surface area contributed by atoms with E-state index in [0.29, 0.717) is 4.48 Å². The van der Waals surface area contributed by atoms with Gasteiger partial charge in [0.1, 0.15) is 12.6 Å². The van der Waals surface area contributed by atoms with Crippen molar-refractivity contribution < 1.29 is 19.5 Å². The summed E-state index contributed by atoms with van der Waals surface area (Å²) >= 11 is 0. The minimum atomic E-state index is -1.42. The molecule has 0 aliphatic heterocycles. The van der Waals surface area contributed by atoms with Crippen LogP contribution in [0.4, 0.5) is 0 Å². The summed E-state index contributed by atoms with van der Waals surface area (Å²) in [6.07, 6.45) is -1.06. The number of carbonyl (C=O) groups is 1. The molecule has 0 aromatic heterocycles. The Morgan fingerprint density at radius 2 is 2.00 bits per heavy atom. The molecule has 3 N–H and O–H groups in total. The van der Waals surface area contributed by atoms with Gasteiger partial charge in [0.15, 0.2) is 0 Å². The third-order valence-corrected chi connectivity index (χ3v) is 1.42. The Labute approximate surface area is 72.0 Å². The molecule has 0 fully saturated rings. The summed E-state index contributed by atoms with van der Waals surface area (Å²) in [6.45, 7) is 0.287. The zero-order valence-electron chi connectivity index (χ0n) is 7.65. The number of carboxylic acids is 1. The van der Waals surface area contributed by atoms with E-state index in [9.17, 15) is 15.0 Å². The smallest absolute Gasteiger partial charge is 0.123 e. The fourth-order valence-electron chi connectivity index (χ4n) is 0.832. The number of likely N-dealkylation sites (N-methyl/N-ethyl adjacent to an activating group) is 1. The Bertz CT molecular complexity index is 165. The number of carboxylic acid groups (broad SMARTS) is 1. The van der Waals surface area contributed by atoms with Crippen LogP contribution in [0.25, 0.3) is 0 Å². The molecule has 0 heterocycles. The molecule has 5 heteroatoms. The number of aliphatic hydroxyl groups is 1. The van der Waals surface area contributed by atoms with Gasteiger partial charge in [-0.05, 0) is 0 Å². The predicted octanol–water partition coefficient (Wildman–Crippen LogP) is -2.87. The molecule has 0 rings (SSSR count).